The zero-order chi connectivity index (χ0) is 14.6. The minimum absolute atomic E-state index is 0.0556. The molecule has 1 aliphatic rings. The Balaban J connectivity index is 1.90. The molecular formula is C13H18N2O4S. The second kappa shape index (κ2) is 6.23. The summed E-state index contributed by atoms with van der Waals surface area (Å²) in [6, 6.07) is 7.77. The third kappa shape index (κ3) is 3.71. The van der Waals surface area contributed by atoms with E-state index >= 15 is 0 Å². The van der Waals surface area contributed by atoms with E-state index in [4.69, 9.17) is 0 Å². The molecule has 2 rings (SSSR count). The minimum Gasteiger partial charge on any atom is -0.338 e. The fourth-order valence-corrected chi connectivity index (χ4v) is 2.79. The molecule has 0 unspecified atom stereocenters. The van der Waals surface area contributed by atoms with Crippen molar-refractivity contribution < 1.29 is 18.0 Å². The summed E-state index contributed by atoms with van der Waals surface area (Å²) in [5.74, 6) is 0.583. The van der Waals surface area contributed by atoms with Crippen LogP contribution in [0.1, 0.15) is 19.8 Å². The molecule has 0 aromatic heterocycles. The number of rotatable bonds is 3. The van der Waals surface area contributed by atoms with Gasteiger partial charge in [-0.25, -0.2) is 13.2 Å². The summed E-state index contributed by atoms with van der Waals surface area (Å²) in [5, 5.41) is 0. The molecule has 0 atom stereocenters. The molecule has 7 heteroatoms. The number of sulfonamides is 1. The van der Waals surface area contributed by atoms with E-state index in [0.717, 1.165) is 12.8 Å². The normalized spacial score (nSPS) is 16.9. The third-order valence-corrected chi connectivity index (χ3v) is 4.53. The highest BCUT2D eigenvalue weighted by atomic mass is 32.2. The topological polar surface area (TPSA) is 75.7 Å². The Bertz CT molecular complexity index is 551. The van der Waals surface area contributed by atoms with Crippen LogP contribution in [-0.2, 0) is 14.9 Å². The van der Waals surface area contributed by atoms with Crippen molar-refractivity contribution in [2.45, 2.75) is 24.7 Å². The number of nitrogens with zero attached hydrogens (tertiary/aromatic N) is 1. The summed E-state index contributed by atoms with van der Waals surface area (Å²) < 4.78 is 23.7. The van der Waals surface area contributed by atoms with Crippen molar-refractivity contribution in [1.82, 2.24) is 9.79 Å². The first kappa shape index (κ1) is 14.8. The van der Waals surface area contributed by atoms with Gasteiger partial charge >= 0.3 is 6.09 Å². The van der Waals surface area contributed by atoms with Crippen LogP contribution < -0.4 is 4.89 Å². The summed E-state index contributed by atoms with van der Waals surface area (Å²) in [6.45, 7) is 3.31. The molecule has 0 spiro atoms. The Morgan fingerprint density at radius 3 is 2.45 bits per heavy atom. The average molecular weight is 298 g/mol. The fourth-order valence-electron chi connectivity index (χ4n) is 1.99. The zero-order valence-electron chi connectivity index (χ0n) is 11.3. The van der Waals surface area contributed by atoms with Gasteiger partial charge in [0.15, 0.2) is 0 Å². The van der Waals surface area contributed by atoms with Crippen molar-refractivity contribution in [2.75, 3.05) is 13.1 Å². The molecule has 6 nitrogen and oxygen atoms in total. The van der Waals surface area contributed by atoms with E-state index in [2.05, 4.69) is 11.8 Å². The molecule has 1 aromatic carbocycles. The van der Waals surface area contributed by atoms with Crippen LogP contribution in [0.2, 0.25) is 0 Å². The predicted molar refractivity (Wildman–Crippen MR) is 73.2 cm³/mol. The van der Waals surface area contributed by atoms with Crippen LogP contribution in [0.5, 0.6) is 0 Å². The maximum absolute atomic E-state index is 11.9. The molecular weight excluding hydrogens is 280 g/mol. The first-order valence-corrected chi connectivity index (χ1v) is 8.00. The molecule has 1 N–H and O–H groups in total. The zero-order valence-corrected chi connectivity index (χ0v) is 12.1. The lowest BCUT2D eigenvalue weighted by molar-refractivity contribution is 0.0723. The predicted octanol–water partition coefficient (Wildman–Crippen LogP) is 1.75. The van der Waals surface area contributed by atoms with Crippen molar-refractivity contribution in [2.24, 2.45) is 5.92 Å². The number of carbonyl (C=O) groups is 1. The maximum atomic E-state index is 11.9. The number of nitrogens with one attached hydrogen (secondary N) is 1. The van der Waals surface area contributed by atoms with Crippen LogP contribution in [0.15, 0.2) is 35.2 Å². The van der Waals surface area contributed by atoms with Crippen LogP contribution in [-0.4, -0.2) is 32.5 Å². The molecule has 0 aliphatic carbocycles. The Hall–Kier alpha value is -1.60. The van der Waals surface area contributed by atoms with Crippen LogP contribution in [0, 0.1) is 5.92 Å². The number of likely N-dealkylation sites (tertiary alicyclic amines) is 1. The molecule has 0 bridgehead atoms. The number of piperidine rings is 1. The summed E-state index contributed by atoms with van der Waals surface area (Å²) >= 11 is 0. The molecule has 1 aromatic rings. The number of hydrogen-bond donors (Lipinski definition) is 1. The molecule has 1 heterocycles. The van der Waals surface area contributed by atoms with Crippen molar-refractivity contribution in [3.05, 3.63) is 30.3 Å². The van der Waals surface area contributed by atoms with E-state index < -0.39 is 16.1 Å². The number of hydrogen-bond acceptors (Lipinski definition) is 4. The highest BCUT2D eigenvalue weighted by Crippen LogP contribution is 2.16. The summed E-state index contributed by atoms with van der Waals surface area (Å²) in [6.07, 6.45) is 1.15. The van der Waals surface area contributed by atoms with Gasteiger partial charge < -0.3 is 9.74 Å². The Labute approximate surface area is 118 Å². The molecule has 0 radical (unpaired) electrons. The second-order valence-electron chi connectivity index (χ2n) is 4.94. The standard InChI is InChI=1S/C13H18N2O4S/c1-11-7-9-15(10-8-11)13(16)19-14-20(17,18)12-5-3-2-4-6-12/h2-6,11,14H,7-10H2,1H3. The van der Waals surface area contributed by atoms with Crippen molar-refractivity contribution in [3.8, 4) is 0 Å². The van der Waals surface area contributed by atoms with Gasteiger partial charge in [0.2, 0.25) is 0 Å². The van der Waals surface area contributed by atoms with E-state index in [1.54, 1.807) is 18.2 Å². The van der Waals surface area contributed by atoms with Crippen LogP contribution in [0.3, 0.4) is 0 Å². The van der Waals surface area contributed by atoms with E-state index in [1.807, 2.05) is 4.89 Å². The van der Waals surface area contributed by atoms with Gasteiger partial charge in [-0.15, -0.1) is 0 Å². The van der Waals surface area contributed by atoms with Crippen molar-refractivity contribution >= 4 is 16.1 Å². The van der Waals surface area contributed by atoms with E-state index in [9.17, 15) is 13.2 Å². The highest BCUT2D eigenvalue weighted by Gasteiger charge is 2.23. The average Bonchev–Trinajstić information content (AvgIpc) is 2.46. The largest absolute Gasteiger partial charge is 0.429 e. The number of amides is 1. The van der Waals surface area contributed by atoms with Crippen LogP contribution >= 0.6 is 0 Å². The van der Waals surface area contributed by atoms with Gasteiger partial charge in [0.25, 0.3) is 10.0 Å². The Morgan fingerprint density at radius 2 is 1.85 bits per heavy atom. The lowest BCUT2D eigenvalue weighted by Crippen LogP contribution is -2.41. The van der Waals surface area contributed by atoms with Gasteiger partial charge in [-0.05, 0) is 35.8 Å². The fraction of sp³-hybridized carbons (Fsp3) is 0.462. The van der Waals surface area contributed by atoms with Crippen molar-refractivity contribution in [3.63, 3.8) is 0 Å². The van der Waals surface area contributed by atoms with Gasteiger partial charge in [-0.3, -0.25) is 0 Å². The first-order valence-electron chi connectivity index (χ1n) is 6.51. The molecule has 110 valence electrons. The number of carbonyl (C=O) groups excluding carboxylic acids is 1. The maximum Gasteiger partial charge on any atom is 0.429 e. The van der Waals surface area contributed by atoms with Crippen molar-refractivity contribution in [1.29, 1.82) is 0 Å². The lowest BCUT2D eigenvalue weighted by atomic mass is 10.00. The van der Waals surface area contributed by atoms with E-state index in [1.165, 1.54) is 17.0 Å². The molecule has 0 saturated carbocycles. The summed E-state index contributed by atoms with van der Waals surface area (Å²) in [5.41, 5.74) is 0. The third-order valence-electron chi connectivity index (χ3n) is 3.33. The Morgan fingerprint density at radius 1 is 1.25 bits per heavy atom. The second-order valence-corrected chi connectivity index (χ2v) is 6.58. The quantitative estimate of drug-likeness (QED) is 0.863. The minimum atomic E-state index is -3.82. The van der Waals surface area contributed by atoms with E-state index in [0.29, 0.717) is 19.0 Å². The molecule has 1 amide bonds. The Kier molecular flexibility index (Phi) is 4.61. The molecule has 1 aliphatic heterocycles. The van der Waals surface area contributed by atoms with Gasteiger partial charge in [0.1, 0.15) is 0 Å². The van der Waals surface area contributed by atoms with E-state index in [-0.39, 0.29) is 4.90 Å². The summed E-state index contributed by atoms with van der Waals surface area (Å²) in [7, 11) is -3.82. The van der Waals surface area contributed by atoms with Gasteiger partial charge in [0.05, 0.1) is 4.90 Å². The monoisotopic (exact) mass is 298 g/mol. The molecule has 20 heavy (non-hydrogen) atoms. The number of benzene rings is 1. The van der Waals surface area contributed by atoms with Gasteiger partial charge in [-0.2, -0.15) is 0 Å². The molecule has 1 fully saturated rings. The van der Waals surface area contributed by atoms with Crippen LogP contribution in [0.4, 0.5) is 4.79 Å². The van der Waals surface area contributed by atoms with Crippen LogP contribution in [0.25, 0.3) is 0 Å². The van der Waals surface area contributed by atoms with Gasteiger partial charge in [0, 0.05) is 13.1 Å². The molecule has 1 saturated heterocycles. The summed E-state index contributed by atoms with van der Waals surface area (Å²) in [4.78, 5) is 19.9. The lowest BCUT2D eigenvalue weighted by Gasteiger charge is -2.29. The highest BCUT2D eigenvalue weighted by molar-refractivity contribution is 7.89. The first-order chi connectivity index (χ1) is 9.49. The smallest absolute Gasteiger partial charge is 0.338 e. The van der Waals surface area contributed by atoms with Gasteiger partial charge in [-0.1, -0.05) is 25.1 Å². The SMILES string of the molecule is CC1CCN(C(=O)ONS(=O)(=O)c2ccccc2)CC1.